The molecule has 1 aromatic carbocycles. The van der Waals surface area contributed by atoms with Crippen molar-refractivity contribution in [2.45, 2.75) is 0 Å². The lowest BCUT2D eigenvalue weighted by Crippen LogP contribution is -2.14. The van der Waals surface area contributed by atoms with E-state index in [1.165, 1.54) is 17.8 Å². The second-order valence-corrected chi connectivity index (χ2v) is 2.72. The van der Waals surface area contributed by atoms with Crippen molar-refractivity contribution in [3.8, 4) is 0 Å². The zero-order chi connectivity index (χ0) is 11.1. The van der Waals surface area contributed by atoms with Crippen LogP contribution in [0.5, 0.6) is 0 Å². The molecule has 0 spiro atoms. The van der Waals surface area contributed by atoms with E-state index in [-0.39, 0.29) is 0 Å². The molecule has 0 fully saturated rings. The summed E-state index contributed by atoms with van der Waals surface area (Å²) in [6, 6.07) is 6.96. The van der Waals surface area contributed by atoms with Crippen molar-refractivity contribution in [2.24, 2.45) is 5.16 Å². The Labute approximate surface area is 86.3 Å². The van der Waals surface area contributed by atoms with E-state index in [4.69, 9.17) is 10.4 Å². The molecule has 0 unspecified atom stereocenters. The minimum Gasteiger partial charge on any atom is -0.411 e. The number of hydrogen-bond donors (Lipinski definition) is 3. The second-order valence-electron chi connectivity index (χ2n) is 2.72. The Balaban J connectivity index is 2.72. The fraction of sp³-hybridized carbons (Fsp3) is 0. The third kappa shape index (κ3) is 3.61. The van der Waals surface area contributed by atoms with E-state index in [1.807, 2.05) is 0 Å². The number of benzene rings is 1. The van der Waals surface area contributed by atoms with E-state index in [0.29, 0.717) is 0 Å². The van der Waals surface area contributed by atoms with Gasteiger partial charge in [-0.3, -0.25) is 10.0 Å². The molecule has 78 valence electrons. The molecule has 15 heavy (non-hydrogen) atoms. The average Bonchev–Trinajstić information content (AvgIpc) is 2.28. The van der Waals surface area contributed by atoms with E-state index >= 15 is 0 Å². The fourth-order valence-corrected chi connectivity index (χ4v) is 0.969. The Hall–Kier alpha value is -2.14. The van der Waals surface area contributed by atoms with E-state index in [2.05, 4.69) is 5.16 Å². The summed E-state index contributed by atoms with van der Waals surface area (Å²) in [5, 5.41) is 19.4. The van der Waals surface area contributed by atoms with Crippen molar-refractivity contribution in [3.63, 3.8) is 0 Å². The van der Waals surface area contributed by atoms with Crippen LogP contribution in [0.25, 0.3) is 6.08 Å². The highest BCUT2D eigenvalue weighted by molar-refractivity contribution is 5.91. The second kappa shape index (κ2) is 5.56. The first-order valence-corrected chi connectivity index (χ1v) is 4.16. The van der Waals surface area contributed by atoms with Crippen LogP contribution in [0.1, 0.15) is 11.1 Å². The summed E-state index contributed by atoms with van der Waals surface area (Å²) in [5.41, 5.74) is 3.04. The first kappa shape index (κ1) is 10.9. The van der Waals surface area contributed by atoms with Gasteiger partial charge in [0.15, 0.2) is 0 Å². The Morgan fingerprint density at radius 3 is 2.40 bits per heavy atom. The minimum atomic E-state index is -0.587. The molecule has 0 atom stereocenters. The Morgan fingerprint density at radius 2 is 1.87 bits per heavy atom. The number of nitrogens with one attached hydrogen (secondary N) is 1. The largest absolute Gasteiger partial charge is 0.411 e. The van der Waals surface area contributed by atoms with E-state index in [1.54, 1.807) is 30.3 Å². The molecule has 1 rings (SSSR count). The first-order chi connectivity index (χ1) is 7.26. The van der Waals surface area contributed by atoms with Gasteiger partial charge >= 0.3 is 0 Å². The predicted molar refractivity (Wildman–Crippen MR) is 54.8 cm³/mol. The van der Waals surface area contributed by atoms with Crippen LogP contribution in [0.3, 0.4) is 0 Å². The third-order valence-electron chi connectivity index (χ3n) is 1.68. The highest BCUT2D eigenvalue weighted by atomic mass is 16.5. The van der Waals surface area contributed by atoms with E-state index in [9.17, 15) is 4.79 Å². The van der Waals surface area contributed by atoms with E-state index < -0.39 is 5.91 Å². The normalized spacial score (nSPS) is 11.0. The SMILES string of the molecule is O=C(/C=C/c1ccc(/C=N/O)cc1)NO. The molecule has 0 radical (unpaired) electrons. The molecule has 0 aliphatic carbocycles. The van der Waals surface area contributed by atoms with E-state index in [0.717, 1.165) is 11.1 Å². The molecular formula is C10H10N2O3. The first-order valence-electron chi connectivity index (χ1n) is 4.16. The third-order valence-corrected chi connectivity index (χ3v) is 1.68. The van der Waals surface area contributed by atoms with Crippen LogP contribution in [0.4, 0.5) is 0 Å². The number of carbonyl (C=O) groups is 1. The zero-order valence-corrected chi connectivity index (χ0v) is 7.79. The van der Waals surface area contributed by atoms with Crippen molar-refractivity contribution in [1.29, 1.82) is 0 Å². The van der Waals surface area contributed by atoms with Crippen molar-refractivity contribution >= 4 is 18.2 Å². The molecule has 0 bridgehead atoms. The number of rotatable bonds is 3. The fourth-order valence-electron chi connectivity index (χ4n) is 0.969. The smallest absolute Gasteiger partial charge is 0.267 e. The van der Waals surface area contributed by atoms with Gasteiger partial charge in [0.1, 0.15) is 0 Å². The minimum absolute atomic E-state index is 0.587. The lowest BCUT2D eigenvalue weighted by molar-refractivity contribution is -0.124. The lowest BCUT2D eigenvalue weighted by Gasteiger charge is -1.94. The van der Waals surface area contributed by atoms with Crippen LogP contribution < -0.4 is 5.48 Å². The Bertz CT molecular complexity index is 382. The molecule has 0 saturated carbocycles. The monoisotopic (exact) mass is 206 g/mol. The maximum atomic E-state index is 10.7. The molecule has 0 saturated heterocycles. The van der Waals surface area contributed by atoms with Crippen molar-refractivity contribution in [1.82, 2.24) is 5.48 Å². The van der Waals surface area contributed by atoms with Gasteiger partial charge in [-0.2, -0.15) is 0 Å². The van der Waals surface area contributed by atoms with Gasteiger partial charge < -0.3 is 5.21 Å². The number of amides is 1. The van der Waals surface area contributed by atoms with Gasteiger partial charge in [0.2, 0.25) is 0 Å². The molecule has 1 amide bonds. The summed E-state index contributed by atoms with van der Waals surface area (Å²) < 4.78 is 0. The average molecular weight is 206 g/mol. The summed E-state index contributed by atoms with van der Waals surface area (Å²) >= 11 is 0. The van der Waals surface area contributed by atoms with Crippen LogP contribution in [-0.4, -0.2) is 22.5 Å². The standard InChI is InChI=1S/C10H10N2O3/c13-10(12-15)6-5-8-1-3-9(4-2-8)7-11-14/h1-7,14-15H,(H,12,13)/b6-5+,11-7+. The van der Waals surface area contributed by atoms with Gasteiger partial charge in [-0.15, -0.1) is 0 Å². The van der Waals surface area contributed by atoms with Crippen LogP contribution >= 0.6 is 0 Å². The summed E-state index contributed by atoms with van der Waals surface area (Å²) in [5.74, 6) is -0.587. The molecule has 5 heteroatoms. The summed E-state index contributed by atoms with van der Waals surface area (Å²) in [6.45, 7) is 0. The maximum Gasteiger partial charge on any atom is 0.267 e. The van der Waals surface area contributed by atoms with Gasteiger partial charge in [-0.25, -0.2) is 5.48 Å². The topological polar surface area (TPSA) is 81.9 Å². The van der Waals surface area contributed by atoms with Gasteiger partial charge in [-0.05, 0) is 17.2 Å². The molecule has 1 aromatic rings. The summed E-state index contributed by atoms with van der Waals surface area (Å²) in [4.78, 5) is 10.7. The molecule has 0 aromatic heterocycles. The summed E-state index contributed by atoms with van der Waals surface area (Å²) in [7, 11) is 0. The Morgan fingerprint density at radius 1 is 1.27 bits per heavy atom. The quantitative estimate of drug-likeness (QED) is 0.227. The van der Waals surface area contributed by atoms with Crippen molar-refractivity contribution in [3.05, 3.63) is 41.5 Å². The highest BCUT2D eigenvalue weighted by Crippen LogP contribution is 2.04. The number of hydrogen-bond acceptors (Lipinski definition) is 4. The number of carbonyl (C=O) groups excluding carboxylic acids is 1. The lowest BCUT2D eigenvalue weighted by atomic mass is 10.1. The molecule has 0 aliphatic rings. The van der Waals surface area contributed by atoms with Crippen molar-refractivity contribution in [2.75, 3.05) is 0 Å². The number of oxime groups is 1. The van der Waals surface area contributed by atoms with Crippen LogP contribution in [0.15, 0.2) is 35.5 Å². The number of hydroxylamine groups is 1. The van der Waals surface area contributed by atoms with Gasteiger partial charge in [-0.1, -0.05) is 29.4 Å². The Kier molecular flexibility index (Phi) is 4.05. The number of nitrogens with zero attached hydrogens (tertiary/aromatic N) is 1. The molecule has 0 heterocycles. The maximum absolute atomic E-state index is 10.7. The predicted octanol–water partition coefficient (Wildman–Crippen LogP) is 1.01. The molecule has 0 aliphatic heterocycles. The van der Waals surface area contributed by atoms with Crippen LogP contribution in [-0.2, 0) is 4.79 Å². The molecule has 5 nitrogen and oxygen atoms in total. The summed E-state index contributed by atoms with van der Waals surface area (Å²) in [6.07, 6.45) is 4.05. The van der Waals surface area contributed by atoms with Gasteiger partial charge in [0.05, 0.1) is 6.21 Å². The van der Waals surface area contributed by atoms with Gasteiger partial charge in [0.25, 0.3) is 5.91 Å². The zero-order valence-electron chi connectivity index (χ0n) is 7.79. The van der Waals surface area contributed by atoms with Gasteiger partial charge in [0, 0.05) is 6.08 Å². The van der Waals surface area contributed by atoms with Crippen LogP contribution in [0, 0.1) is 0 Å². The highest BCUT2D eigenvalue weighted by Gasteiger charge is 1.91. The molecular weight excluding hydrogens is 196 g/mol. The van der Waals surface area contributed by atoms with Crippen molar-refractivity contribution < 1.29 is 15.2 Å². The molecule has 3 N–H and O–H groups in total. The van der Waals surface area contributed by atoms with Crippen LogP contribution in [0.2, 0.25) is 0 Å².